The Bertz CT molecular complexity index is 1060. The van der Waals surface area contributed by atoms with E-state index in [1.54, 1.807) is 16.8 Å². The Balaban J connectivity index is 2.09. The van der Waals surface area contributed by atoms with Gasteiger partial charge in [-0.1, -0.05) is 12.1 Å². The van der Waals surface area contributed by atoms with Crippen LogP contribution in [0.2, 0.25) is 0 Å². The van der Waals surface area contributed by atoms with Crippen molar-refractivity contribution < 1.29 is 8.42 Å². The van der Waals surface area contributed by atoms with Gasteiger partial charge in [0.25, 0.3) is 5.56 Å². The summed E-state index contributed by atoms with van der Waals surface area (Å²) in [7, 11) is -3.27. The minimum absolute atomic E-state index is 0.217. The maximum Gasteiger partial charge on any atom is 0.252 e. The number of sulfone groups is 1. The van der Waals surface area contributed by atoms with Gasteiger partial charge in [0.1, 0.15) is 0 Å². The number of aromatic amines is 1. The second-order valence-electron chi connectivity index (χ2n) is 5.59. The first kappa shape index (κ1) is 16.1. The van der Waals surface area contributed by atoms with Crippen LogP contribution >= 0.6 is 0 Å². The lowest BCUT2D eigenvalue weighted by Gasteiger charge is -2.06. The van der Waals surface area contributed by atoms with Crippen LogP contribution in [0.4, 0.5) is 0 Å². The highest BCUT2D eigenvalue weighted by Gasteiger charge is 2.11. The molecule has 0 saturated carbocycles. The van der Waals surface area contributed by atoms with Gasteiger partial charge in [0, 0.05) is 23.6 Å². The molecule has 1 N–H and O–H groups in total. The summed E-state index contributed by atoms with van der Waals surface area (Å²) >= 11 is 0. The van der Waals surface area contributed by atoms with E-state index < -0.39 is 9.84 Å². The minimum atomic E-state index is -3.27. The van der Waals surface area contributed by atoms with Crippen LogP contribution in [0.15, 0.2) is 46.1 Å². The van der Waals surface area contributed by atoms with Crippen molar-refractivity contribution in [1.82, 2.24) is 19.7 Å². The number of nitrogens with zero attached hydrogens (tertiary/aromatic N) is 3. The molecule has 0 fully saturated rings. The SMILES string of the molecule is Cc1cc(C)n(-c2nc(-c3ccc(S(C)(=O)=O)cc3)cc(=O)[nH]2)n1. The van der Waals surface area contributed by atoms with Crippen LogP contribution in [-0.4, -0.2) is 34.4 Å². The fraction of sp³-hybridized carbons (Fsp3) is 0.188. The Labute approximate surface area is 138 Å². The Morgan fingerprint density at radius 2 is 1.75 bits per heavy atom. The normalized spacial score (nSPS) is 11.6. The molecule has 0 bridgehead atoms. The van der Waals surface area contributed by atoms with Gasteiger partial charge in [-0.15, -0.1) is 0 Å². The fourth-order valence-electron chi connectivity index (χ4n) is 2.41. The van der Waals surface area contributed by atoms with Gasteiger partial charge in [-0.05, 0) is 32.0 Å². The molecule has 0 aliphatic carbocycles. The van der Waals surface area contributed by atoms with E-state index >= 15 is 0 Å². The van der Waals surface area contributed by atoms with Gasteiger partial charge >= 0.3 is 0 Å². The first-order valence-electron chi connectivity index (χ1n) is 7.19. The van der Waals surface area contributed by atoms with Gasteiger partial charge in [0.05, 0.1) is 16.3 Å². The molecular formula is C16H16N4O3S. The van der Waals surface area contributed by atoms with Crippen molar-refractivity contribution in [2.45, 2.75) is 18.7 Å². The molecule has 0 amide bonds. The van der Waals surface area contributed by atoms with E-state index in [0.29, 0.717) is 17.2 Å². The number of rotatable bonds is 3. The molecule has 0 radical (unpaired) electrons. The largest absolute Gasteiger partial charge is 0.291 e. The summed E-state index contributed by atoms with van der Waals surface area (Å²) in [4.78, 5) is 19.3. The molecular weight excluding hydrogens is 328 g/mol. The van der Waals surface area contributed by atoms with Crippen LogP contribution in [0.5, 0.6) is 0 Å². The minimum Gasteiger partial charge on any atom is -0.291 e. The monoisotopic (exact) mass is 344 g/mol. The average molecular weight is 344 g/mol. The molecule has 3 aromatic rings. The molecule has 0 aliphatic rings. The van der Waals surface area contributed by atoms with Gasteiger partial charge in [-0.2, -0.15) is 5.10 Å². The lowest BCUT2D eigenvalue weighted by molar-refractivity contribution is 0.602. The van der Waals surface area contributed by atoms with E-state index in [2.05, 4.69) is 15.1 Å². The third-order valence-electron chi connectivity index (χ3n) is 3.52. The van der Waals surface area contributed by atoms with Crippen LogP contribution in [0.25, 0.3) is 17.2 Å². The van der Waals surface area contributed by atoms with Crippen molar-refractivity contribution in [2.75, 3.05) is 6.26 Å². The molecule has 8 heteroatoms. The van der Waals surface area contributed by atoms with E-state index in [4.69, 9.17) is 0 Å². The highest BCUT2D eigenvalue weighted by molar-refractivity contribution is 7.90. The van der Waals surface area contributed by atoms with Gasteiger partial charge < -0.3 is 0 Å². The van der Waals surface area contributed by atoms with Crippen molar-refractivity contribution in [3.63, 3.8) is 0 Å². The maximum absolute atomic E-state index is 12.0. The van der Waals surface area contributed by atoms with Crippen molar-refractivity contribution >= 4 is 9.84 Å². The number of hydrogen-bond acceptors (Lipinski definition) is 5. The highest BCUT2D eigenvalue weighted by atomic mass is 32.2. The number of aromatic nitrogens is 4. The van der Waals surface area contributed by atoms with Crippen molar-refractivity contribution in [2.24, 2.45) is 0 Å². The standard InChI is InChI=1S/C16H16N4O3S/c1-10-8-11(2)20(19-10)16-17-14(9-15(21)18-16)12-4-6-13(7-5-12)24(3,22)23/h4-9H,1-3H3,(H,17,18,21). The van der Waals surface area contributed by atoms with Crippen LogP contribution in [0.3, 0.4) is 0 Å². The third-order valence-corrected chi connectivity index (χ3v) is 4.65. The third kappa shape index (κ3) is 3.13. The molecule has 124 valence electrons. The smallest absolute Gasteiger partial charge is 0.252 e. The number of benzene rings is 1. The van der Waals surface area contributed by atoms with E-state index in [1.807, 2.05) is 19.9 Å². The van der Waals surface area contributed by atoms with Crippen LogP contribution in [0.1, 0.15) is 11.4 Å². The van der Waals surface area contributed by atoms with Crippen LogP contribution in [-0.2, 0) is 9.84 Å². The molecule has 7 nitrogen and oxygen atoms in total. The summed E-state index contributed by atoms with van der Waals surface area (Å²) in [6.45, 7) is 3.73. The van der Waals surface area contributed by atoms with Gasteiger partial charge in [0.2, 0.25) is 5.95 Å². The van der Waals surface area contributed by atoms with E-state index in [9.17, 15) is 13.2 Å². The molecule has 0 spiro atoms. The Morgan fingerprint density at radius 1 is 1.08 bits per heavy atom. The van der Waals surface area contributed by atoms with E-state index in [0.717, 1.165) is 17.6 Å². The summed E-state index contributed by atoms with van der Waals surface area (Å²) in [5.74, 6) is 0.315. The van der Waals surface area contributed by atoms with E-state index in [-0.39, 0.29) is 10.5 Å². The molecule has 0 aliphatic heterocycles. The maximum atomic E-state index is 12.0. The van der Waals surface area contributed by atoms with Gasteiger partial charge in [-0.25, -0.2) is 18.1 Å². The molecule has 2 aromatic heterocycles. The Morgan fingerprint density at radius 3 is 2.29 bits per heavy atom. The van der Waals surface area contributed by atoms with Crippen molar-refractivity contribution in [3.8, 4) is 17.2 Å². The molecule has 0 atom stereocenters. The Kier molecular flexibility index (Phi) is 3.84. The van der Waals surface area contributed by atoms with E-state index in [1.165, 1.54) is 18.2 Å². The lowest BCUT2D eigenvalue weighted by Crippen LogP contribution is -2.14. The molecule has 0 saturated heterocycles. The van der Waals surface area contributed by atoms with Crippen LogP contribution in [0, 0.1) is 13.8 Å². The zero-order chi connectivity index (χ0) is 17.5. The second-order valence-corrected chi connectivity index (χ2v) is 7.61. The lowest BCUT2D eigenvalue weighted by atomic mass is 10.1. The molecule has 0 unspecified atom stereocenters. The van der Waals surface area contributed by atoms with Crippen LogP contribution < -0.4 is 5.56 Å². The molecule has 2 heterocycles. The predicted octanol–water partition coefficient (Wildman–Crippen LogP) is 1.64. The number of H-pyrrole nitrogens is 1. The molecule has 24 heavy (non-hydrogen) atoms. The summed E-state index contributed by atoms with van der Waals surface area (Å²) in [6, 6.07) is 9.50. The quantitative estimate of drug-likeness (QED) is 0.779. The first-order valence-corrected chi connectivity index (χ1v) is 9.09. The Hall–Kier alpha value is -2.74. The molecule has 3 rings (SSSR count). The fourth-order valence-corrected chi connectivity index (χ4v) is 3.04. The van der Waals surface area contributed by atoms with Crippen molar-refractivity contribution in [3.05, 3.63) is 58.1 Å². The van der Waals surface area contributed by atoms with Gasteiger partial charge in [0.15, 0.2) is 9.84 Å². The number of aryl methyl sites for hydroxylation is 2. The summed E-state index contributed by atoms with van der Waals surface area (Å²) in [6.07, 6.45) is 1.15. The van der Waals surface area contributed by atoms with Crippen molar-refractivity contribution in [1.29, 1.82) is 0 Å². The topological polar surface area (TPSA) is 97.7 Å². The summed E-state index contributed by atoms with van der Waals surface area (Å²) < 4.78 is 24.6. The first-order chi connectivity index (χ1) is 11.2. The van der Waals surface area contributed by atoms with Gasteiger partial charge in [-0.3, -0.25) is 9.78 Å². The molecule has 1 aromatic carbocycles. The highest BCUT2D eigenvalue weighted by Crippen LogP contribution is 2.19. The summed E-state index contributed by atoms with van der Waals surface area (Å²) in [5, 5.41) is 4.31. The zero-order valence-corrected chi connectivity index (χ0v) is 14.3. The second kappa shape index (κ2) is 5.72. The number of hydrogen-bond donors (Lipinski definition) is 1. The zero-order valence-electron chi connectivity index (χ0n) is 13.4. The number of nitrogens with one attached hydrogen (secondary N) is 1. The summed E-state index contributed by atoms with van der Waals surface area (Å²) in [5.41, 5.74) is 2.45. The average Bonchev–Trinajstić information content (AvgIpc) is 2.84. The predicted molar refractivity (Wildman–Crippen MR) is 90.0 cm³/mol.